The van der Waals surface area contributed by atoms with E-state index < -0.39 is 6.09 Å². The van der Waals surface area contributed by atoms with Gasteiger partial charge in [-0.3, -0.25) is 19.3 Å². The van der Waals surface area contributed by atoms with E-state index in [1.165, 1.54) is 9.80 Å². The molecule has 0 radical (unpaired) electrons. The molecule has 0 unspecified atom stereocenters. The largest absolute Gasteiger partial charge is 0.447 e. The summed E-state index contributed by atoms with van der Waals surface area (Å²) in [5, 5.41) is 5.48. The highest BCUT2D eigenvalue weighted by Crippen LogP contribution is 2.30. The summed E-state index contributed by atoms with van der Waals surface area (Å²) in [7, 11) is 0. The van der Waals surface area contributed by atoms with Crippen molar-refractivity contribution in [3.05, 3.63) is 48.5 Å². The molecule has 4 rings (SSSR count). The smallest absolute Gasteiger partial charge is 0.414 e. The molecule has 9 heteroatoms. The molecule has 2 N–H and O–H groups in total. The van der Waals surface area contributed by atoms with Crippen molar-refractivity contribution in [2.75, 3.05) is 40.1 Å². The summed E-state index contributed by atoms with van der Waals surface area (Å²) in [6, 6.07) is 13.9. The van der Waals surface area contributed by atoms with Crippen molar-refractivity contribution in [1.29, 1.82) is 0 Å². The number of amides is 4. The third kappa shape index (κ3) is 3.95. The van der Waals surface area contributed by atoms with Crippen LogP contribution in [-0.4, -0.2) is 43.5 Å². The number of hydrogen-bond donors (Lipinski definition) is 2. The normalized spacial score (nSPS) is 15.3. The van der Waals surface area contributed by atoms with Crippen molar-refractivity contribution in [3.63, 3.8) is 0 Å². The Morgan fingerprint density at radius 3 is 2.50 bits per heavy atom. The Kier molecular flexibility index (Phi) is 5.34. The second-order valence-electron chi connectivity index (χ2n) is 6.88. The topological polar surface area (TPSA) is 108 Å². The van der Waals surface area contributed by atoms with Gasteiger partial charge in [0.15, 0.2) is 0 Å². The molecule has 2 heterocycles. The van der Waals surface area contributed by atoms with Crippen molar-refractivity contribution >= 4 is 46.6 Å². The van der Waals surface area contributed by atoms with Crippen molar-refractivity contribution in [2.24, 2.45) is 0 Å². The van der Waals surface area contributed by atoms with Gasteiger partial charge in [0.25, 0.3) is 0 Å². The van der Waals surface area contributed by atoms with Gasteiger partial charge >= 0.3 is 6.09 Å². The first-order chi connectivity index (χ1) is 14.5. The molecule has 0 aliphatic carbocycles. The molecule has 2 aliphatic heterocycles. The number of anilines is 4. The molecule has 2 aliphatic rings. The van der Waals surface area contributed by atoms with Crippen LogP contribution in [0.1, 0.15) is 12.8 Å². The van der Waals surface area contributed by atoms with Gasteiger partial charge in [-0.2, -0.15) is 0 Å². The van der Waals surface area contributed by atoms with E-state index >= 15 is 0 Å². The van der Waals surface area contributed by atoms with Crippen molar-refractivity contribution < 1.29 is 23.9 Å². The maximum atomic E-state index is 12.7. The van der Waals surface area contributed by atoms with Gasteiger partial charge in [0.2, 0.25) is 17.7 Å². The SMILES string of the molecule is O=C1CN(C(=O)CCC(=O)Nc2ccccc2N2CCOC2=O)c2ccccc2N1. The summed E-state index contributed by atoms with van der Waals surface area (Å²) in [4.78, 5) is 51.7. The summed E-state index contributed by atoms with van der Waals surface area (Å²) in [6.45, 7) is 0.610. The average molecular weight is 408 g/mol. The Hall–Kier alpha value is -3.88. The van der Waals surface area contributed by atoms with E-state index in [-0.39, 0.29) is 37.1 Å². The summed E-state index contributed by atoms with van der Waals surface area (Å²) < 4.78 is 4.95. The van der Waals surface area contributed by atoms with E-state index in [4.69, 9.17) is 4.74 Å². The summed E-state index contributed by atoms with van der Waals surface area (Å²) in [5.41, 5.74) is 2.19. The van der Waals surface area contributed by atoms with E-state index in [0.29, 0.717) is 35.9 Å². The lowest BCUT2D eigenvalue weighted by atomic mass is 10.1. The Morgan fingerprint density at radius 2 is 1.73 bits per heavy atom. The van der Waals surface area contributed by atoms with Crippen LogP contribution in [-0.2, 0) is 19.1 Å². The summed E-state index contributed by atoms with van der Waals surface area (Å²) in [6.07, 6.45) is -0.576. The minimum atomic E-state index is -0.464. The lowest BCUT2D eigenvalue weighted by Crippen LogP contribution is -2.42. The maximum Gasteiger partial charge on any atom is 0.414 e. The summed E-state index contributed by atoms with van der Waals surface area (Å²) in [5.74, 6) is -0.958. The minimum Gasteiger partial charge on any atom is -0.447 e. The van der Waals surface area contributed by atoms with Gasteiger partial charge < -0.3 is 20.3 Å². The van der Waals surface area contributed by atoms with Crippen LogP contribution < -0.4 is 20.4 Å². The molecule has 9 nitrogen and oxygen atoms in total. The van der Waals surface area contributed by atoms with Crippen molar-refractivity contribution in [2.45, 2.75) is 12.8 Å². The number of fused-ring (bicyclic) bond motifs is 1. The molecule has 30 heavy (non-hydrogen) atoms. The Bertz CT molecular complexity index is 1020. The van der Waals surface area contributed by atoms with E-state index in [9.17, 15) is 19.2 Å². The molecule has 4 amide bonds. The first-order valence-electron chi connectivity index (χ1n) is 9.55. The van der Waals surface area contributed by atoms with Crippen LogP contribution in [0.4, 0.5) is 27.5 Å². The summed E-state index contributed by atoms with van der Waals surface area (Å²) >= 11 is 0. The first kappa shape index (κ1) is 19.4. The molecule has 0 atom stereocenters. The Balaban J connectivity index is 1.40. The monoisotopic (exact) mass is 408 g/mol. The third-order valence-corrected chi connectivity index (χ3v) is 4.87. The molecule has 2 aromatic carbocycles. The van der Waals surface area contributed by atoms with Crippen LogP contribution in [0.25, 0.3) is 0 Å². The van der Waals surface area contributed by atoms with Gasteiger partial charge in [-0.25, -0.2) is 4.79 Å². The molecule has 2 aromatic rings. The van der Waals surface area contributed by atoms with E-state index in [1.54, 1.807) is 48.5 Å². The van der Waals surface area contributed by atoms with Gasteiger partial charge in [-0.05, 0) is 24.3 Å². The molecule has 0 bridgehead atoms. The number of nitrogens with zero attached hydrogens (tertiary/aromatic N) is 2. The van der Waals surface area contributed by atoms with Crippen LogP contribution in [0.5, 0.6) is 0 Å². The highest BCUT2D eigenvalue weighted by atomic mass is 16.6. The Labute approximate surface area is 172 Å². The fraction of sp³-hybridized carbons (Fsp3) is 0.238. The highest BCUT2D eigenvalue weighted by molar-refractivity contribution is 6.10. The van der Waals surface area contributed by atoms with Gasteiger partial charge in [-0.1, -0.05) is 24.3 Å². The van der Waals surface area contributed by atoms with Gasteiger partial charge in [0.05, 0.1) is 29.3 Å². The number of hydrogen-bond acceptors (Lipinski definition) is 5. The number of para-hydroxylation sites is 4. The predicted octanol–water partition coefficient (Wildman–Crippen LogP) is 2.35. The Morgan fingerprint density at radius 1 is 1.00 bits per heavy atom. The number of nitrogens with one attached hydrogen (secondary N) is 2. The minimum absolute atomic E-state index is 0.0542. The molecule has 1 saturated heterocycles. The molecule has 0 saturated carbocycles. The molecule has 154 valence electrons. The van der Waals surface area contributed by atoms with E-state index in [2.05, 4.69) is 10.6 Å². The second kappa shape index (κ2) is 8.24. The molecule has 0 aromatic heterocycles. The van der Waals surface area contributed by atoms with Crippen molar-refractivity contribution in [3.8, 4) is 0 Å². The van der Waals surface area contributed by atoms with E-state index in [0.717, 1.165) is 0 Å². The number of rotatable bonds is 5. The van der Waals surface area contributed by atoms with Gasteiger partial charge in [-0.15, -0.1) is 0 Å². The quantitative estimate of drug-likeness (QED) is 0.790. The van der Waals surface area contributed by atoms with E-state index in [1.807, 2.05) is 0 Å². The van der Waals surface area contributed by atoms with Crippen LogP contribution in [0.15, 0.2) is 48.5 Å². The zero-order valence-corrected chi connectivity index (χ0v) is 16.1. The number of carbonyl (C=O) groups excluding carboxylic acids is 4. The van der Waals surface area contributed by atoms with Crippen LogP contribution >= 0.6 is 0 Å². The van der Waals surface area contributed by atoms with Gasteiger partial charge in [0, 0.05) is 12.8 Å². The molecule has 0 spiro atoms. The molecular weight excluding hydrogens is 388 g/mol. The highest BCUT2D eigenvalue weighted by Gasteiger charge is 2.28. The van der Waals surface area contributed by atoms with Gasteiger partial charge in [0.1, 0.15) is 13.2 Å². The number of ether oxygens (including phenoxy) is 1. The fourth-order valence-corrected chi connectivity index (χ4v) is 3.45. The number of benzene rings is 2. The van der Waals surface area contributed by atoms with Crippen LogP contribution in [0.2, 0.25) is 0 Å². The second-order valence-corrected chi connectivity index (χ2v) is 6.88. The lowest BCUT2D eigenvalue weighted by molar-refractivity contribution is -0.124. The number of carbonyl (C=O) groups is 4. The molecular formula is C21H20N4O5. The predicted molar refractivity (Wildman–Crippen MR) is 110 cm³/mol. The van der Waals surface area contributed by atoms with Crippen LogP contribution in [0.3, 0.4) is 0 Å². The zero-order chi connectivity index (χ0) is 21.1. The fourth-order valence-electron chi connectivity index (χ4n) is 3.45. The standard InChI is InChI=1S/C21H20N4O5/c26-18(22-14-5-1-3-7-16(14)24-11-12-30-21(24)29)9-10-20(28)25-13-19(27)23-15-6-2-4-8-17(15)25/h1-8H,9-13H2,(H,22,26)(H,23,27). The van der Waals surface area contributed by atoms with Crippen LogP contribution in [0, 0.1) is 0 Å². The first-order valence-corrected chi connectivity index (χ1v) is 9.55. The average Bonchev–Trinajstić information content (AvgIpc) is 3.17. The van der Waals surface area contributed by atoms with Crippen molar-refractivity contribution in [1.82, 2.24) is 0 Å². The lowest BCUT2D eigenvalue weighted by Gasteiger charge is -2.29. The molecule has 1 fully saturated rings. The maximum absolute atomic E-state index is 12.7. The number of cyclic esters (lactones) is 1. The zero-order valence-electron chi connectivity index (χ0n) is 16.1. The third-order valence-electron chi connectivity index (χ3n) is 4.87.